The normalized spacial score (nSPS) is 11.5. The van der Waals surface area contributed by atoms with Gasteiger partial charge in [0, 0.05) is 11.8 Å². The van der Waals surface area contributed by atoms with E-state index < -0.39 is 16.1 Å². The summed E-state index contributed by atoms with van der Waals surface area (Å²) in [6, 6.07) is 10.5. The summed E-state index contributed by atoms with van der Waals surface area (Å²) < 4.78 is 25.2. The number of anilines is 2. The maximum atomic E-state index is 11.5. The number of nitrogens with one attached hydrogen (secondary N) is 2. The molecule has 0 atom stereocenters. The minimum absolute atomic E-state index is 0.116. The number of rotatable bonds is 9. The molecule has 2 aromatic rings. The van der Waals surface area contributed by atoms with Crippen LogP contribution in [0.5, 0.6) is 0 Å². The van der Waals surface area contributed by atoms with E-state index in [0.717, 1.165) is 11.8 Å². The fraction of sp³-hybridized carbons (Fsp3) is 0.333. The lowest BCUT2D eigenvalue weighted by molar-refractivity contribution is 0.203. The molecule has 0 unspecified atom stereocenters. The second-order valence-electron chi connectivity index (χ2n) is 5.28. The van der Waals surface area contributed by atoms with E-state index in [1.165, 1.54) is 17.8 Å². The molecule has 0 saturated heterocycles. The van der Waals surface area contributed by atoms with Crippen molar-refractivity contribution in [3.05, 3.63) is 42.0 Å². The Labute approximate surface area is 150 Å². The first-order valence-electron chi connectivity index (χ1n) is 7.41. The lowest BCUT2D eigenvalue weighted by Gasteiger charge is -2.15. The van der Waals surface area contributed by atoms with Gasteiger partial charge in [0.1, 0.15) is 11.6 Å². The SMILES string of the molecule is CS(=O)(=O)Nc1cc(NC(CO)CO)nc(SCc2ccccc2)n1. The molecule has 4 N–H and O–H groups in total. The van der Waals surface area contributed by atoms with E-state index in [2.05, 4.69) is 20.0 Å². The Hall–Kier alpha value is -1.88. The highest BCUT2D eigenvalue weighted by Gasteiger charge is 2.12. The lowest BCUT2D eigenvalue weighted by atomic mass is 10.2. The van der Waals surface area contributed by atoms with Crippen LogP contribution in [0.15, 0.2) is 41.6 Å². The first-order chi connectivity index (χ1) is 11.9. The van der Waals surface area contributed by atoms with Crippen LogP contribution in [-0.4, -0.2) is 54.1 Å². The predicted octanol–water partition coefficient (Wildman–Crippen LogP) is 0.905. The van der Waals surface area contributed by atoms with Crippen molar-refractivity contribution in [1.82, 2.24) is 9.97 Å². The summed E-state index contributed by atoms with van der Waals surface area (Å²) in [5.41, 5.74) is 1.08. The molecule has 0 spiro atoms. The predicted molar refractivity (Wildman–Crippen MR) is 98.1 cm³/mol. The molecule has 8 nitrogen and oxygen atoms in total. The summed E-state index contributed by atoms with van der Waals surface area (Å²) in [6.07, 6.45) is 1.03. The Morgan fingerprint density at radius 1 is 1.12 bits per heavy atom. The molecule has 0 fully saturated rings. The maximum Gasteiger partial charge on any atom is 0.230 e. The van der Waals surface area contributed by atoms with Crippen molar-refractivity contribution in [1.29, 1.82) is 0 Å². The zero-order valence-corrected chi connectivity index (χ0v) is 15.2. The number of aromatic nitrogens is 2. The fourth-order valence-corrected chi connectivity index (χ4v) is 3.18. The summed E-state index contributed by atoms with van der Waals surface area (Å²) in [4.78, 5) is 8.49. The molecule has 1 aromatic carbocycles. The van der Waals surface area contributed by atoms with Crippen molar-refractivity contribution in [3.8, 4) is 0 Å². The van der Waals surface area contributed by atoms with Crippen molar-refractivity contribution in [2.45, 2.75) is 17.0 Å². The van der Waals surface area contributed by atoms with Crippen LogP contribution in [-0.2, 0) is 15.8 Å². The molecule has 0 saturated carbocycles. The summed E-state index contributed by atoms with van der Waals surface area (Å²) in [5, 5.41) is 21.6. The van der Waals surface area contributed by atoms with Gasteiger partial charge in [-0.1, -0.05) is 42.1 Å². The van der Waals surface area contributed by atoms with Gasteiger partial charge in [-0.3, -0.25) is 4.72 Å². The second kappa shape index (κ2) is 8.99. The van der Waals surface area contributed by atoms with Gasteiger partial charge in [-0.15, -0.1) is 0 Å². The third-order valence-corrected chi connectivity index (χ3v) is 4.50. The van der Waals surface area contributed by atoms with Crippen LogP contribution in [0.2, 0.25) is 0 Å². The smallest absolute Gasteiger partial charge is 0.230 e. The largest absolute Gasteiger partial charge is 0.394 e. The highest BCUT2D eigenvalue weighted by molar-refractivity contribution is 7.98. The third kappa shape index (κ3) is 6.86. The molecule has 0 amide bonds. The molecule has 1 heterocycles. The Morgan fingerprint density at radius 2 is 1.76 bits per heavy atom. The summed E-state index contributed by atoms with van der Waals surface area (Å²) in [6.45, 7) is -0.580. The van der Waals surface area contributed by atoms with Gasteiger partial charge in [-0.05, 0) is 5.56 Å². The number of thioether (sulfide) groups is 1. The zero-order valence-electron chi connectivity index (χ0n) is 13.6. The summed E-state index contributed by atoms with van der Waals surface area (Å²) >= 11 is 1.35. The average Bonchev–Trinajstić information content (AvgIpc) is 2.57. The van der Waals surface area contributed by atoms with Crippen LogP contribution in [0.1, 0.15) is 5.56 Å². The van der Waals surface area contributed by atoms with E-state index in [9.17, 15) is 18.6 Å². The van der Waals surface area contributed by atoms with Gasteiger partial charge < -0.3 is 15.5 Å². The quantitative estimate of drug-likeness (QED) is 0.371. The molecule has 0 aliphatic rings. The molecule has 2 rings (SSSR count). The number of hydrogen-bond donors (Lipinski definition) is 4. The number of nitrogens with zero attached hydrogens (tertiary/aromatic N) is 2. The van der Waals surface area contributed by atoms with Crippen molar-refractivity contribution in [3.63, 3.8) is 0 Å². The Balaban J connectivity index is 2.22. The highest BCUT2D eigenvalue weighted by Crippen LogP contribution is 2.23. The van der Waals surface area contributed by atoms with Crippen molar-refractivity contribution >= 4 is 33.4 Å². The minimum atomic E-state index is -3.49. The van der Waals surface area contributed by atoms with Gasteiger partial charge in [0.15, 0.2) is 5.16 Å². The number of hydrogen-bond acceptors (Lipinski definition) is 8. The molecule has 0 radical (unpaired) electrons. The highest BCUT2D eigenvalue weighted by atomic mass is 32.2. The van der Waals surface area contributed by atoms with Crippen LogP contribution >= 0.6 is 11.8 Å². The van der Waals surface area contributed by atoms with Gasteiger partial charge in [0.2, 0.25) is 10.0 Å². The molecular weight excluding hydrogens is 364 g/mol. The standard InChI is InChI=1S/C15H20N4O4S2/c1-25(22,23)19-14-7-13(16-12(8-20)9-21)17-15(18-14)24-10-11-5-3-2-4-6-11/h2-7,12,20-21H,8-10H2,1H3,(H2,16,17,18,19). The number of aliphatic hydroxyl groups is 2. The number of sulfonamides is 1. The molecule has 10 heteroatoms. The van der Waals surface area contributed by atoms with Crippen LogP contribution in [0.3, 0.4) is 0 Å². The van der Waals surface area contributed by atoms with E-state index in [-0.39, 0.29) is 19.0 Å². The van der Waals surface area contributed by atoms with Crippen molar-refractivity contribution in [2.24, 2.45) is 0 Å². The Morgan fingerprint density at radius 3 is 2.36 bits per heavy atom. The zero-order chi connectivity index (χ0) is 18.3. The Bertz CT molecular complexity index is 783. The van der Waals surface area contributed by atoms with Gasteiger partial charge in [-0.25, -0.2) is 18.4 Å². The van der Waals surface area contributed by atoms with Gasteiger partial charge in [-0.2, -0.15) is 0 Å². The second-order valence-corrected chi connectivity index (χ2v) is 7.97. The first-order valence-corrected chi connectivity index (χ1v) is 10.3. The number of aliphatic hydroxyl groups excluding tert-OH is 2. The van der Waals surface area contributed by atoms with E-state index >= 15 is 0 Å². The molecule has 25 heavy (non-hydrogen) atoms. The van der Waals surface area contributed by atoms with Crippen molar-refractivity contribution < 1.29 is 18.6 Å². The average molecular weight is 384 g/mol. The van der Waals surface area contributed by atoms with Crippen LogP contribution < -0.4 is 10.0 Å². The van der Waals surface area contributed by atoms with Gasteiger partial charge in [0.05, 0.1) is 25.5 Å². The van der Waals surface area contributed by atoms with Crippen LogP contribution in [0.25, 0.3) is 0 Å². The molecular formula is C15H20N4O4S2. The fourth-order valence-electron chi connectivity index (χ4n) is 1.89. The monoisotopic (exact) mass is 384 g/mol. The minimum Gasteiger partial charge on any atom is -0.394 e. The van der Waals surface area contributed by atoms with Crippen LogP contribution in [0, 0.1) is 0 Å². The Kier molecular flexibility index (Phi) is 7.00. The lowest BCUT2D eigenvalue weighted by Crippen LogP contribution is -2.28. The van der Waals surface area contributed by atoms with E-state index in [4.69, 9.17) is 0 Å². The molecule has 0 aliphatic heterocycles. The van der Waals surface area contributed by atoms with E-state index in [1.54, 1.807) is 0 Å². The van der Waals surface area contributed by atoms with E-state index in [1.807, 2.05) is 30.3 Å². The summed E-state index contributed by atoms with van der Waals surface area (Å²) in [7, 11) is -3.49. The first kappa shape index (κ1) is 19.4. The molecule has 0 bridgehead atoms. The third-order valence-electron chi connectivity index (χ3n) is 3.00. The summed E-state index contributed by atoms with van der Waals surface area (Å²) in [5.74, 6) is 1.04. The van der Waals surface area contributed by atoms with Crippen molar-refractivity contribution in [2.75, 3.05) is 29.5 Å². The topological polar surface area (TPSA) is 124 Å². The van der Waals surface area contributed by atoms with Crippen LogP contribution in [0.4, 0.5) is 11.6 Å². The van der Waals surface area contributed by atoms with Gasteiger partial charge >= 0.3 is 0 Å². The molecule has 0 aliphatic carbocycles. The molecule has 1 aromatic heterocycles. The van der Waals surface area contributed by atoms with E-state index in [0.29, 0.717) is 16.7 Å². The number of benzene rings is 1. The maximum absolute atomic E-state index is 11.5. The molecule has 136 valence electrons. The van der Waals surface area contributed by atoms with Gasteiger partial charge in [0.25, 0.3) is 0 Å².